The highest BCUT2D eigenvalue weighted by molar-refractivity contribution is 5.36. The molecule has 5 heteroatoms. The second kappa shape index (κ2) is 5.28. The lowest BCUT2D eigenvalue weighted by atomic mass is 9.75. The number of ether oxygens (including phenoxy) is 1. The molecule has 1 fully saturated rings. The molecule has 2 unspecified atom stereocenters. The predicted molar refractivity (Wildman–Crippen MR) is 71.2 cm³/mol. The van der Waals surface area contributed by atoms with Crippen molar-refractivity contribution in [2.45, 2.75) is 45.5 Å². The Labute approximate surface area is 117 Å². The average Bonchev–Trinajstić information content (AvgIpc) is 2.67. The van der Waals surface area contributed by atoms with Gasteiger partial charge in [-0.25, -0.2) is 0 Å². The molecular formula is C15H20F3NO. The van der Waals surface area contributed by atoms with Crippen LogP contribution < -0.4 is 10.5 Å². The van der Waals surface area contributed by atoms with E-state index in [4.69, 9.17) is 5.73 Å². The van der Waals surface area contributed by atoms with Crippen molar-refractivity contribution in [2.75, 3.05) is 0 Å². The molecule has 0 radical (unpaired) electrons. The van der Waals surface area contributed by atoms with Crippen LogP contribution in [0.4, 0.5) is 13.2 Å². The Kier molecular flexibility index (Phi) is 4.00. The third-order valence-corrected chi connectivity index (χ3v) is 4.28. The number of rotatable bonds is 3. The van der Waals surface area contributed by atoms with Crippen LogP contribution in [0.3, 0.4) is 0 Å². The summed E-state index contributed by atoms with van der Waals surface area (Å²) in [6.45, 7) is 4.25. The van der Waals surface area contributed by atoms with E-state index in [1.807, 2.05) is 0 Å². The summed E-state index contributed by atoms with van der Waals surface area (Å²) in [6.07, 6.45) is -1.64. The van der Waals surface area contributed by atoms with Crippen LogP contribution in [0.15, 0.2) is 24.3 Å². The second-order valence-electron chi connectivity index (χ2n) is 6.10. The van der Waals surface area contributed by atoms with E-state index in [1.54, 1.807) is 12.1 Å². The monoisotopic (exact) mass is 287 g/mol. The first-order valence-corrected chi connectivity index (χ1v) is 6.81. The van der Waals surface area contributed by atoms with Crippen LogP contribution in [0.5, 0.6) is 5.75 Å². The van der Waals surface area contributed by atoms with Gasteiger partial charge in [-0.05, 0) is 30.2 Å². The quantitative estimate of drug-likeness (QED) is 0.893. The largest absolute Gasteiger partial charge is 0.573 e. The fraction of sp³-hybridized carbons (Fsp3) is 0.600. The number of hydrogen-bond donors (Lipinski definition) is 1. The molecular weight excluding hydrogens is 267 g/mol. The van der Waals surface area contributed by atoms with Crippen molar-refractivity contribution in [3.8, 4) is 5.75 Å². The molecule has 2 atom stereocenters. The maximum Gasteiger partial charge on any atom is 0.573 e. The van der Waals surface area contributed by atoms with Crippen LogP contribution in [0.25, 0.3) is 0 Å². The van der Waals surface area contributed by atoms with Gasteiger partial charge in [0, 0.05) is 11.6 Å². The summed E-state index contributed by atoms with van der Waals surface area (Å²) in [5, 5.41) is 0. The molecule has 0 saturated heterocycles. The summed E-state index contributed by atoms with van der Waals surface area (Å²) >= 11 is 0. The highest BCUT2D eigenvalue weighted by Gasteiger charge is 2.40. The van der Waals surface area contributed by atoms with Gasteiger partial charge >= 0.3 is 6.36 Å². The molecule has 0 bridgehead atoms. The van der Waals surface area contributed by atoms with Gasteiger partial charge < -0.3 is 10.5 Å². The predicted octanol–water partition coefficient (Wildman–Crippen LogP) is 4.41. The topological polar surface area (TPSA) is 35.2 Å². The van der Waals surface area contributed by atoms with E-state index in [2.05, 4.69) is 18.6 Å². The smallest absolute Gasteiger partial charge is 0.405 e. The van der Waals surface area contributed by atoms with Crippen molar-refractivity contribution >= 4 is 0 Å². The SMILES string of the molecule is CC1(C)CCCC1C(N)c1ccccc1OC(F)(F)F. The van der Waals surface area contributed by atoms with Crippen molar-refractivity contribution in [1.29, 1.82) is 0 Å². The Balaban J connectivity index is 2.28. The molecule has 1 saturated carbocycles. The van der Waals surface area contributed by atoms with Gasteiger partial charge in [-0.15, -0.1) is 13.2 Å². The molecule has 20 heavy (non-hydrogen) atoms. The molecule has 112 valence electrons. The van der Waals surface area contributed by atoms with E-state index in [-0.39, 0.29) is 17.1 Å². The van der Waals surface area contributed by atoms with Crippen LogP contribution in [0, 0.1) is 11.3 Å². The number of nitrogens with two attached hydrogens (primary N) is 1. The Morgan fingerprint density at radius 3 is 2.50 bits per heavy atom. The number of halogens is 3. The first kappa shape index (κ1) is 15.2. The van der Waals surface area contributed by atoms with Gasteiger partial charge in [0.15, 0.2) is 0 Å². The highest BCUT2D eigenvalue weighted by Crippen LogP contribution is 2.49. The van der Waals surface area contributed by atoms with Crippen molar-refractivity contribution < 1.29 is 17.9 Å². The molecule has 0 aromatic heterocycles. The normalized spacial score (nSPS) is 23.6. The zero-order valence-electron chi connectivity index (χ0n) is 11.7. The van der Waals surface area contributed by atoms with Crippen LogP contribution >= 0.6 is 0 Å². The van der Waals surface area contributed by atoms with Crippen LogP contribution in [-0.2, 0) is 0 Å². The third-order valence-electron chi connectivity index (χ3n) is 4.28. The summed E-state index contributed by atoms with van der Waals surface area (Å²) in [5.74, 6) is -0.0179. The third kappa shape index (κ3) is 3.26. The van der Waals surface area contributed by atoms with Crippen molar-refractivity contribution in [3.63, 3.8) is 0 Å². The number of para-hydroxylation sites is 1. The molecule has 0 spiro atoms. The summed E-state index contributed by atoms with van der Waals surface area (Å²) in [4.78, 5) is 0. The zero-order valence-corrected chi connectivity index (χ0v) is 11.7. The molecule has 0 amide bonds. The minimum atomic E-state index is -4.69. The van der Waals surface area contributed by atoms with E-state index in [0.29, 0.717) is 5.56 Å². The summed E-state index contributed by atoms with van der Waals surface area (Å²) in [7, 11) is 0. The molecule has 0 heterocycles. The standard InChI is InChI=1S/C15H20F3NO/c1-14(2)9-5-7-11(14)13(19)10-6-3-4-8-12(10)20-15(16,17)18/h3-4,6,8,11,13H,5,7,9,19H2,1-2H3. The zero-order chi connectivity index (χ0) is 15.0. The van der Waals surface area contributed by atoms with E-state index < -0.39 is 12.4 Å². The van der Waals surface area contributed by atoms with E-state index >= 15 is 0 Å². The Morgan fingerprint density at radius 2 is 1.95 bits per heavy atom. The first-order chi connectivity index (χ1) is 9.21. The minimum absolute atomic E-state index is 0.0464. The van der Waals surface area contributed by atoms with Crippen molar-refractivity contribution in [3.05, 3.63) is 29.8 Å². The lowest BCUT2D eigenvalue weighted by Gasteiger charge is -2.33. The van der Waals surface area contributed by atoms with E-state index in [9.17, 15) is 13.2 Å². The summed E-state index contributed by atoms with van der Waals surface area (Å²) < 4.78 is 41.5. The maximum atomic E-state index is 12.5. The summed E-state index contributed by atoms with van der Waals surface area (Å²) in [6, 6.07) is 5.73. The lowest BCUT2D eigenvalue weighted by Crippen LogP contribution is -2.30. The van der Waals surface area contributed by atoms with Gasteiger partial charge in [-0.3, -0.25) is 0 Å². The number of hydrogen-bond acceptors (Lipinski definition) is 2. The number of benzene rings is 1. The minimum Gasteiger partial charge on any atom is -0.405 e. The van der Waals surface area contributed by atoms with Crippen LogP contribution in [-0.4, -0.2) is 6.36 Å². The first-order valence-electron chi connectivity index (χ1n) is 6.81. The molecule has 1 aliphatic rings. The lowest BCUT2D eigenvalue weighted by molar-refractivity contribution is -0.275. The highest BCUT2D eigenvalue weighted by atomic mass is 19.4. The molecule has 1 aromatic rings. The Morgan fingerprint density at radius 1 is 1.30 bits per heavy atom. The fourth-order valence-corrected chi connectivity index (χ4v) is 3.21. The second-order valence-corrected chi connectivity index (χ2v) is 6.10. The van der Waals surface area contributed by atoms with Gasteiger partial charge in [-0.1, -0.05) is 38.5 Å². The van der Waals surface area contributed by atoms with Gasteiger partial charge in [0.1, 0.15) is 5.75 Å². The van der Waals surface area contributed by atoms with Crippen LogP contribution in [0.2, 0.25) is 0 Å². The van der Waals surface area contributed by atoms with Gasteiger partial charge in [0.2, 0.25) is 0 Å². The molecule has 1 aliphatic carbocycles. The molecule has 2 rings (SSSR count). The van der Waals surface area contributed by atoms with Crippen LogP contribution in [0.1, 0.15) is 44.7 Å². The molecule has 2 nitrogen and oxygen atoms in total. The van der Waals surface area contributed by atoms with Gasteiger partial charge in [-0.2, -0.15) is 0 Å². The van der Waals surface area contributed by atoms with Crippen molar-refractivity contribution in [2.24, 2.45) is 17.1 Å². The summed E-state index contributed by atoms with van der Waals surface area (Å²) in [5.41, 5.74) is 6.73. The van der Waals surface area contributed by atoms with E-state index in [1.165, 1.54) is 12.1 Å². The Bertz CT molecular complexity index is 470. The van der Waals surface area contributed by atoms with Gasteiger partial charge in [0.25, 0.3) is 0 Å². The molecule has 0 aliphatic heterocycles. The maximum absolute atomic E-state index is 12.5. The Hall–Kier alpha value is -1.23. The van der Waals surface area contributed by atoms with Gasteiger partial charge in [0.05, 0.1) is 0 Å². The molecule has 1 aromatic carbocycles. The fourth-order valence-electron chi connectivity index (χ4n) is 3.21. The van der Waals surface area contributed by atoms with E-state index in [0.717, 1.165) is 19.3 Å². The molecule has 2 N–H and O–H groups in total. The number of alkyl halides is 3. The van der Waals surface area contributed by atoms with Crippen molar-refractivity contribution in [1.82, 2.24) is 0 Å². The average molecular weight is 287 g/mol.